The average Bonchev–Trinajstić information content (AvgIpc) is 2.66. The number of aromatic hydroxyl groups is 1. The topological polar surface area (TPSA) is 114 Å². The van der Waals surface area contributed by atoms with Crippen molar-refractivity contribution in [2.24, 2.45) is 5.92 Å². The molecule has 1 aromatic carbocycles. The van der Waals surface area contributed by atoms with E-state index >= 15 is 0 Å². The number of nitrogens with zero attached hydrogens (tertiary/aromatic N) is 2. The van der Waals surface area contributed by atoms with Crippen molar-refractivity contribution >= 4 is 12.0 Å². The third-order valence-corrected chi connectivity index (χ3v) is 4.51. The molecular weight excluding hydrogens is 354 g/mol. The van der Waals surface area contributed by atoms with Crippen molar-refractivity contribution in [3.63, 3.8) is 0 Å². The molecule has 0 bridgehead atoms. The lowest BCUT2D eigenvalue weighted by atomic mass is 9.97. The van der Waals surface area contributed by atoms with Gasteiger partial charge in [0.15, 0.2) is 11.5 Å². The summed E-state index contributed by atoms with van der Waals surface area (Å²) in [6, 6.07) is 4.86. The lowest BCUT2D eigenvalue weighted by molar-refractivity contribution is -0.757. The van der Waals surface area contributed by atoms with Crippen molar-refractivity contribution in [3.05, 3.63) is 40.0 Å². The number of rotatable bonds is 9. The average molecular weight is 379 g/mol. The summed E-state index contributed by atoms with van der Waals surface area (Å²) >= 11 is 0. The van der Waals surface area contributed by atoms with Gasteiger partial charge in [-0.25, -0.2) is 0 Å². The molecule has 1 aromatic rings. The van der Waals surface area contributed by atoms with Gasteiger partial charge in [0, 0.05) is 19.2 Å². The maximum atomic E-state index is 12.0. The molecule has 2 rings (SSSR count). The number of carbonyl (C=O) groups is 1. The highest BCUT2D eigenvalue weighted by atomic mass is 16.9. The first-order valence-electron chi connectivity index (χ1n) is 8.80. The Balaban J connectivity index is 1.68. The quantitative estimate of drug-likeness (QED) is 0.379. The molecule has 0 saturated carbocycles. The molecule has 1 amide bonds. The molecule has 0 aromatic heterocycles. The summed E-state index contributed by atoms with van der Waals surface area (Å²) in [6.45, 7) is 2.90. The van der Waals surface area contributed by atoms with Crippen LogP contribution < -0.4 is 10.1 Å². The van der Waals surface area contributed by atoms with Gasteiger partial charge < -0.3 is 24.9 Å². The Morgan fingerprint density at radius 1 is 1.44 bits per heavy atom. The summed E-state index contributed by atoms with van der Waals surface area (Å²) in [4.78, 5) is 28.6. The SMILES string of the molecule is COc1cc(C=CC(=O)NCC2CCN(CCO[N+](=O)[O-])CC2)ccc1O. The molecule has 1 aliphatic rings. The third-order valence-electron chi connectivity index (χ3n) is 4.51. The molecule has 0 spiro atoms. The van der Waals surface area contributed by atoms with Crippen molar-refractivity contribution < 1.29 is 24.6 Å². The second-order valence-electron chi connectivity index (χ2n) is 6.35. The van der Waals surface area contributed by atoms with Gasteiger partial charge in [0.05, 0.1) is 7.11 Å². The summed E-state index contributed by atoms with van der Waals surface area (Å²) in [5.74, 6) is 0.621. The number of ether oxygens (including phenoxy) is 1. The molecule has 1 saturated heterocycles. The number of piperidine rings is 1. The standard InChI is InChI=1S/C18H25N3O6/c1-26-17-12-14(2-4-16(17)22)3-5-18(23)19-13-15-6-8-20(9-7-15)10-11-27-21(24)25/h2-5,12,15,22H,6-11,13H2,1H3,(H,19,23). The summed E-state index contributed by atoms with van der Waals surface area (Å²) in [5, 5.41) is 21.8. The lowest BCUT2D eigenvalue weighted by Crippen LogP contribution is -2.39. The smallest absolute Gasteiger partial charge is 0.294 e. The highest BCUT2D eigenvalue weighted by Crippen LogP contribution is 2.26. The van der Waals surface area contributed by atoms with Crippen LogP contribution in [0.25, 0.3) is 6.08 Å². The van der Waals surface area contributed by atoms with Gasteiger partial charge in [-0.1, -0.05) is 6.07 Å². The van der Waals surface area contributed by atoms with Crippen LogP contribution in [0.5, 0.6) is 11.5 Å². The van der Waals surface area contributed by atoms with Gasteiger partial charge in [0.2, 0.25) is 5.91 Å². The predicted molar refractivity (Wildman–Crippen MR) is 98.8 cm³/mol. The van der Waals surface area contributed by atoms with Crippen LogP contribution in [0.2, 0.25) is 0 Å². The minimum atomic E-state index is -0.774. The molecule has 1 fully saturated rings. The Kier molecular flexibility index (Phi) is 7.87. The van der Waals surface area contributed by atoms with Crippen molar-refractivity contribution in [1.82, 2.24) is 10.2 Å². The number of likely N-dealkylation sites (tertiary alicyclic amines) is 1. The molecular formula is C18H25N3O6. The fourth-order valence-electron chi connectivity index (χ4n) is 2.93. The number of benzene rings is 1. The van der Waals surface area contributed by atoms with Crippen molar-refractivity contribution in [2.45, 2.75) is 12.8 Å². The van der Waals surface area contributed by atoms with E-state index in [1.54, 1.807) is 18.2 Å². The normalized spacial score (nSPS) is 15.6. The first kappa shape index (κ1) is 20.5. The monoisotopic (exact) mass is 379 g/mol. The second-order valence-corrected chi connectivity index (χ2v) is 6.35. The molecule has 9 heteroatoms. The lowest BCUT2D eigenvalue weighted by Gasteiger charge is -2.31. The van der Waals surface area contributed by atoms with Gasteiger partial charge in [0.1, 0.15) is 6.61 Å². The van der Waals surface area contributed by atoms with Crippen LogP contribution in [0.3, 0.4) is 0 Å². The summed E-state index contributed by atoms with van der Waals surface area (Å²) in [5.41, 5.74) is 0.755. The van der Waals surface area contributed by atoms with E-state index in [2.05, 4.69) is 15.1 Å². The van der Waals surface area contributed by atoms with E-state index in [0.717, 1.165) is 31.5 Å². The van der Waals surface area contributed by atoms with Gasteiger partial charge in [-0.15, -0.1) is 10.1 Å². The third kappa shape index (κ3) is 7.14. The van der Waals surface area contributed by atoms with Gasteiger partial charge in [-0.05, 0) is 55.6 Å². The van der Waals surface area contributed by atoms with E-state index in [0.29, 0.717) is 24.8 Å². The number of carbonyl (C=O) groups excluding carboxylic acids is 1. The van der Waals surface area contributed by atoms with Gasteiger partial charge in [0.25, 0.3) is 5.09 Å². The Labute approximate surface area is 157 Å². The Morgan fingerprint density at radius 3 is 2.85 bits per heavy atom. The highest BCUT2D eigenvalue weighted by molar-refractivity contribution is 5.91. The van der Waals surface area contributed by atoms with Gasteiger partial charge in [-0.2, -0.15) is 0 Å². The molecule has 27 heavy (non-hydrogen) atoms. The van der Waals surface area contributed by atoms with Crippen LogP contribution >= 0.6 is 0 Å². The van der Waals surface area contributed by atoms with Crippen LogP contribution in [0, 0.1) is 16.0 Å². The molecule has 0 aliphatic carbocycles. The zero-order valence-corrected chi connectivity index (χ0v) is 15.3. The maximum absolute atomic E-state index is 12.0. The zero-order chi connectivity index (χ0) is 19.6. The Morgan fingerprint density at radius 2 is 2.19 bits per heavy atom. The second kappa shape index (κ2) is 10.4. The van der Waals surface area contributed by atoms with Crippen molar-refractivity contribution in [2.75, 3.05) is 39.9 Å². The minimum absolute atomic E-state index is 0.0513. The van der Waals surface area contributed by atoms with E-state index in [9.17, 15) is 20.0 Å². The number of hydrogen-bond acceptors (Lipinski definition) is 7. The predicted octanol–water partition coefficient (Wildman–Crippen LogP) is 1.45. The van der Waals surface area contributed by atoms with Crippen LogP contribution in [0.1, 0.15) is 18.4 Å². The number of methoxy groups -OCH3 is 1. The first-order chi connectivity index (χ1) is 13.0. The highest BCUT2D eigenvalue weighted by Gasteiger charge is 2.19. The summed E-state index contributed by atoms with van der Waals surface area (Å²) in [6.07, 6.45) is 4.97. The van der Waals surface area contributed by atoms with Gasteiger partial charge in [-0.3, -0.25) is 4.79 Å². The van der Waals surface area contributed by atoms with Gasteiger partial charge >= 0.3 is 0 Å². The molecule has 148 valence electrons. The van der Waals surface area contributed by atoms with E-state index < -0.39 is 5.09 Å². The van der Waals surface area contributed by atoms with E-state index in [1.807, 2.05) is 0 Å². The number of phenolic OH excluding ortho intramolecular Hbond substituents is 1. The largest absolute Gasteiger partial charge is 0.504 e. The van der Waals surface area contributed by atoms with Crippen LogP contribution in [0.15, 0.2) is 24.3 Å². The maximum Gasteiger partial charge on any atom is 0.294 e. The fourth-order valence-corrected chi connectivity index (χ4v) is 2.93. The van der Waals surface area contributed by atoms with Crippen molar-refractivity contribution in [3.8, 4) is 11.5 Å². The minimum Gasteiger partial charge on any atom is -0.504 e. The number of nitrogens with one attached hydrogen (secondary N) is 1. The van der Waals surface area contributed by atoms with E-state index in [1.165, 1.54) is 19.3 Å². The fraction of sp³-hybridized carbons (Fsp3) is 0.500. The zero-order valence-electron chi connectivity index (χ0n) is 15.3. The number of phenols is 1. The van der Waals surface area contributed by atoms with Crippen LogP contribution in [-0.2, 0) is 9.63 Å². The van der Waals surface area contributed by atoms with Crippen LogP contribution in [-0.4, -0.2) is 60.9 Å². The molecule has 1 heterocycles. The molecule has 0 unspecified atom stereocenters. The Bertz CT molecular complexity index is 671. The molecule has 9 nitrogen and oxygen atoms in total. The molecule has 2 N–H and O–H groups in total. The first-order valence-corrected chi connectivity index (χ1v) is 8.80. The summed E-state index contributed by atoms with van der Waals surface area (Å²) < 4.78 is 5.03. The van der Waals surface area contributed by atoms with E-state index in [4.69, 9.17) is 4.74 Å². The van der Waals surface area contributed by atoms with E-state index in [-0.39, 0.29) is 18.3 Å². The number of amides is 1. The Hall–Kier alpha value is -2.81. The molecule has 1 aliphatic heterocycles. The van der Waals surface area contributed by atoms with Crippen molar-refractivity contribution in [1.29, 1.82) is 0 Å². The van der Waals surface area contributed by atoms with Crippen LogP contribution in [0.4, 0.5) is 0 Å². The summed E-state index contributed by atoms with van der Waals surface area (Å²) in [7, 11) is 1.47. The molecule has 0 atom stereocenters. The molecule has 0 radical (unpaired) electrons. The number of hydrogen-bond donors (Lipinski definition) is 2.